The Hall–Kier alpha value is -4.04. The zero-order chi connectivity index (χ0) is 26.6. The second kappa shape index (κ2) is 7.74. The summed E-state index contributed by atoms with van der Waals surface area (Å²) in [6.45, 7) is 12.9. The first-order chi connectivity index (χ1) is 18.2. The van der Waals surface area contributed by atoms with Gasteiger partial charge in [-0.05, 0) is 120 Å². The Balaban J connectivity index is 1.81. The van der Waals surface area contributed by atoms with Gasteiger partial charge in [-0.3, -0.25) is 9.59 Å². The Labute approximate surface area is 223 Å². The van der Waals surface area contributed by atoms with Gasteiger partial charge in [-0.25, -0.2) is 0 Å². The van der Waals surface area contributed by atoms with E-state index in [1.54, 1.807) is 0 Å². The summed E-state index contributed by atoms with van der Waals surface area (Å²) < 4.78 is 0. The van der Waals surface area contributed by atoms with Gasteiger partial charge in [0.05, 0.1) is 11.8 Å². The summed E-state index contributed by atoms with van der Waals surface area (Å²) in [5.74, 6) is -0.758. The van der Waals surface area contributed by atoms with E-state index >= 15 is 0 Å². The van der Waals surface area contributed by atoms with Crippen molar-refractivity contribution in [2.75, 3.05) is 0 Å². The molecule has 0 amide bonds. The standard InChI is InChI=1S/C36H30O2/c1-17-11-19(3)25-15-27-31(29(25)21(5)13-17)32-28(16-26-20(4)12-18(2)14-22(6)30(26)32)34-33(27)35(37)23-9-7-8-10-24(23)36(34)38/h7-16,23-24H,1-6H3. The fourth-order valence-electron chi connectivity index (χ4n) is 7.44. The number of fused-ring (bicyclic) bond motifs is 11. The molecule has 38 heavy (non-hydrogen) atoms. The highest BCUT2D eigenvalue weighted by atomic mass is 16.1. The Morgan fingerprint density at radius 1 is 0.474 bits per heavy atom. The average molecular weight is 495 g/mol. The zero-order valence-corrected chi connectivity index (χ0v) is 22.7. The fourth-order valence-corrected chi connectivity index (χ4v) is 7.44. The molecule has 186 valence electrons. The summed E-state index contributed by atoms with van der Waals surface area (Å²) >= 11 is 0. The third-order valence-corrected chi connectivity index (χ3v) is 8.84. The van der Waals surface area contributed by atoms with Crippen LogP contribution in [0.3, 0.4) is 0 Å². The minimum Gasteiger partial charge on any atom is -0.293 e. The van der Waals surface area contributed by atoms with Gasteiger partial charge in [-0.2, -0.15) is 0 Å². The lowest BCUT2D eigenvalue weighted by molar-refractivity contribution is 0.0804. The number of rotatable bonds is 0. The number of hydrogen-bond donors (Lipinski definition) is 0. The van der Waals surface area contributed by atoms with Crippen LogP contribution < -0.4 is 0 Å². The van der Waals surface area contributed by atoms with E-state index in [0.29, 0.717) is 11.1 Å². The van der Waals surface area contributed by atoms with Crippen molar-refractivity contribution in [2.45, 2.75) is 41.5 Å². The molecule has 0 saturated heterocycles. The number of Topliss-reactive ketones (excluding diaryl/α,β-unsaturated/α-hetero) is 2. The SMILES string of the molecule is Cc1cc(C)c2cc3c4c(c5cc6c(C)cc(C)cc(C)c-6c5c3c-2c(C)c1)C(=O)C1C=CC=CC1C4=O. The van der Waals surface area contributed by atoms with Crippen LogP contribution in [0.4, 0.5) is 0 Å². The number of hydrogen-bond acceptors (Lipinski definition) is 2. The monoisotopic (exact) mass is 494 g/mol. The van der Waals surface area contributed by atoms with E-state index in [9.17, 15) is 9.59 Å². The normalized spacial score (nSPS) is 18.7. The van der Waals surface area contributed by atoms with Gasteiger partial charge in [0, 0.05) is 11.1 Å². The molecule has 2 nitrogen and oxygen atoms in total. The first-order valence-electron chi connectivity index (χ1n) is 13.4. The first kappa shape index (κ1) is 23.1. The van der Waals surface area contributed by atoms with Gasteiger partial charge < -0.3 is 0 Å². The van der Waals surface area contributed by atoms with Crippen LogP contribution in [0.25, 0.3) is 43.8 Å². The van der Waals surface area contributed by atoms with Gasteiger partial charge in [0.15, 0.2) is 11.6 Å². The van der Waals surface area contributed by atoms with Crippen LogP contribution in [0, 0.1) is 53.4 Å². The summed E-state index contributed by atoms with van der Waals surface area (Å²) in [5.41, 5.74) is 13.1. The predicted octanol–water partition coefficient (Wildman–Crippen LogP) is 8.79. The van der Waals surface area contributed by atoms with E-state index in [1.807, 2.05) is 24.3 Å². The van der Waals surface area contributed by atoms with Crippen LogP contribution in [0.1, 0.15) is 54.1 Å². The number of allylic oxidation sites excluding steroid dienone is 4. The summed E-state index contributed by atoms with van der Waals surface area (Å²) in [4.78, 5) is 28.4. The Bertz CT molecular complexity index is 1770. The first-order valence-corrected chi connectivity index (χ1v) is 13.4. The maximum atomic E-state index is 14.2. The lowest BCUT2D eigenvalue weighted by atomic mass is 9.70. The van der Waals surface area contributed by atoms with Gasteiger partial charge in [0.1, 0.15) is 0 Å². The smallest absolute Gasteiger partial charge is 0.172 e. The minimum absolute atomic E-state index is 0.0587. The van der Waals surface area contributed by atoms with E-state index in [-0.39, 0.29) is 11.6 Å². The van der Waals surface area contributed by atoms with E-state index in [2.05, 4.69) is 77.9 Å². The van der Waals surface area contributed by atoms with E-state index in [4.69, 9.17) is 0 Å². The molecule has 0 heterocycles. The van der Waals surface area contributed by atoms with Gasteiger partial charge in [-0.1, -0.05) is 59.7 Å². The number of carbonyl (C=O) groups is 2. The van der Waals surface area contributed by atoms with Gasteiger partial charge in [0.25, 0.3) is 0 Å². The number of benzene rings is 1. The lowest BCUT2D eigenvalue weighted by Crippen LogP contribution is -2.35. The molecule has 1 aromatic rings. The van der Waals surface area contributed by atoms with Crippen molar-refractivity contribution < 1.29 is 9.59 Å². The van der Waals surface area contributed by atoms with Crippen LogP contribution in [0.2, 0.25) is 0 Å². The van der Waals surface area contributed by atoms with Gasteiger partial charge in [-0.15, -0.1) is 0 Å². The molecule has 0 spiro atoms. The lowest BCUT2D eigenvalue weighted by Gasteiger charge is -2.29. The molecule has 2 unspecified atom stereocenters. The topological polar surface area (TPSA) is 34.1 Å². The Morgan fingerprint density at radius 3 is 1.24 bits per heavy atom. The molecule has 0 radical (unpaired) electrons. The minimum atomic E-state index is -0.437. The molecule has 0 fully saturated rings. The molecular weight excluding hydrogens is 464 g/mol. The molecular formula is C36H30O2. The van der Waals surface area contributed by atoms with Crippen molar-refractivity contribution in [1.29, 1.82) is 0 Å². The molecule has 0 N–H and O–H groups in total. The molecule has 0 aliphatic heterocycles. The van der Waals surface area contributed by atoms with Gasteiger partial charge in [0.2, 0.25) is 0 Å². The second-order valence-corrected chi connectivity index (χ2v) is 11.5. The van der Waals surface area contributed by atoms with Crippen molar-refractivity contribution >= 4 is 33.1 Å². The molecule has 7 rings (SSSR count). The second-order valence-electron chi connectivity index (χ2n) is 11.5. The summed E-state index contributed by atoms with van der Waals surface area (Å²) in [5, 5.41) is 4.07. The van der Waals surface area contributed by atoms with Crippen molar-refractivity contribution in [1.82, 2.24) is 0 Å². The molecule has 6 aliphatic carbocycles. The van der Waals surface area contributed by atoms with Crippen molar-refractivity contribution in [3.05, 3.63) is 105 Å². The van der Waals surface area contributed by atoms with Crippen LogP contribution in [-0.4, -0.2) is 11.6 Å². The predicted molar refractivity (Wildman–Crippen MR) is 157 cm³/mol. The molecule has 0 bridgehead atoms. The van der Waals surface area contributed by atoms with Crippen molar-refractivity contribution in [3.63, 3.8) is 0 Å². The highest BCUT2D eigenvalue weighted by Gasteiger charge is 2.43. The molecule has 0 aromatic heterocycles. The highest BCUT2D eigenvalue weighted by Crippen LogP contribution is 2.53. The third-order valence-electron chi connectivity index (χ3n) is 8.84. The van der Waals surface area contributed by atoms with E-state index in [0.717, 1.165) is 32.7 Å². The maximum absolute atomic E-state index is 14.2. The van der Waals surface area contributed by atoms with E-state index < -0.39 is 11.8 Å². The number of aryl methyl sites for hydroxylation is 6. The van der Waals surface area contributed by atoms with Crippen LogP contribution in [0.5, 0.6) is 0 Å². The van der Waals surface area contributed by atoms with E-state index in [1.165, 1.54) is 44.5 Å². The third kappa shape index (κ3) is 2.89. The van der Waals surface area contributed by atoms with Crippen LogP contribution in [-0.2, 0) is 0 Å². The Kier molecular flexibility index (Phi) is 4.70. The zero-order valence-electron chi connectivity index (χ0n) is 22.7. The van der Waals surface area contributed by atoms with Crippen molar-refractivity contribution in [3.8, 4) is 22.3 Å². The quantitative estimate of drug-likeness (QED) is 0.216. The fraction of sp³-hybridized carbons (Fsp3) is 0.222. The number of carbonyl (C=O) groups excluding carboxylic acids is 2. The molecule has 2 heteroatoms. The largest absolute Gasteiger partial charge is 0.293 e. The molecule has 6 aliphatic rings. The molecule has 1 aromatic carbocycles. The highest BCUT2D eigenvalue weighted by molar-refractivity contribution is 6.36. The average Bonchev–Trinajstić information content (AvgIpc) is 3.40. The maximum Gasteiger partial charge on any atom is 0.172 e. The van der Waals surface area contributed by atoms with Crippen molar-refractivity contribution in [2.24, 2.45) is 11.8 Å². The van der Waals surface area contributed by atoms with Crippen LogP contribution in [0.15, 0.2) is 60.7 Å². The molecule has 0 saturated carbocycles. The molecule has 2 atom stereocenters. The Morgan fingerprint density at radius 2 is 0.842 bits per heavy atom. The number of ketones is 2. The van der Waals surface area contributed by atoms with Gasteiger partial charge >= 0.3 is 0 Å². The summed E-state index contributed by atoms with van der Waals surface area (Å²) in [6.07, 6.45) is 7.62. The van der Waals surface area contributed by atoms with Crippen LogP contribution >= 0.6 is 0 Å². The summed E-state index contributed by atoms with van der Waals surface area (Å²) in [6, 6.07) is 13.3. The summed E-state index contributed by atoms with van der Waals surface area (Å²) in [7, 11) is 0.